The lowest BCUT2D eigenvalue weighted by Gasteiger charge is -2.29. The summed E-state index contributed by atoms with van der Waals surface area (Å²) in [6, 6.07) is 14.2. The van der Waals surface area contributed by atoms with E-state index in [-0.39, 0.29) is 11.3 Å². The molecule has 28 heavy (non-hydrogen) atoms. The number of nitro groups is 1. The van der Waals surface area contributed by atoms with Gasteiger partial charge in [0.1, 0.15) is 0 Å². The van der Waals surface area contributed by atoms with Crippen LogP contribution in [0.25, 0.3) is 0 Å². The summed E-state index contributed by atoms with van der Waals surface area (Å²) >= 11 is 0. The average Bonchev–Trinajstić information content (AvgIpc) is 2.72. The Morgan fingerprint density at radius 2 is 1.89 bits per heavy atom. The topological polar surface area (TPSA) is 111 Å². The molecule has 0 bridgehead atoms. The van der Waals surface area contributed by atoms with Crippen molar-refractivity contribution in [1.29, 1.82) is 0 Å². The Bertz CT molecular complexity index is 940. The molecule has 1 atom stereocenters. The maximum atomic E-state index is 12.5. The predicted molar refractivity (Wildman–Crippen MR) is 101 cm³/mol. The number of allylic oxidation sites excluding steroid dienone is 1. The van der Waals surface area contributed by atoms with Crippen LogP contribution >= 0.6 is 0 Å². The fourth-order valence-electron chi connectivity index (χ4n) is 3.15. The lowest BCUT2D eigenvalue weighted by molar-refractivity contribution is -0.384. The molecule has 0 fully saturated rings. The van der Waals surface area contributed by atoms with Gasteiger partial charge in [-0.3, -0.25) is 10.1 Å². The molecular formula is C20H19N3O5. The lowest BCUT2D eigenvalue weighted by atomic mass is 9.93. The van der Waals surface area contributed by atoms with E-state index in [4.69, 9.17) is 4.74 Å². The number of nitro benzene ring substituents is 1. The van der Waals surface area contributed by atoms with Crippen LogP contribution in [0.5, 0.6) is 0 Å². The van der Waals surface area contributed by atoms with Gasteiger partial charge in [0.25, 0.3) is 5.69 Å². The Morgan fingerprint density at radius 3 is 2.57 bits per heavy atom. The first-order valence-electron chi connectivity index (χ1n) is 8.66. The molecular weight excluding hydrogens is 362 g/mol. The van der Waals surface area contributed by atoms with E-state index in [0.29, 0.717) is 24.1 Å². The van der Waals surface area contributed by atoms with Gasteiger partial charge in [-0.1, -0.05) is 42.5 Å². The number of carbonyl (C=O) groups is 2. The van der Waals surface area contributed by atoms with E-state index in [1.807, 2.05) is 30.3 Å². The van der Waals surface area contributed by atoms with Gasteiger partial charge in [0.05, 0.1) is 23.6 Å². The number of hydrogen-bond acceptors (Lipinski definition) is 5. The van der Waals surface area contributed by atoms with Gasteiger partial charge < -0.3 is 15.4 Å². The van der Waals surface area contributed by atoms with Crippen molar-refractivity contribution in [2.45, 2.75) is 18.9 Å². The van der Waals surface area contributed by atoms with E-state index in [0.717, 1.165) is 5.56 Å². The number of amides is 2. The van der Waals surface area contributed by atoms with E-state index in [1.165, 1.54) is 25.3 Å². The number of carbonyl (C=O) groups excluding carboxylic acids is 2. The number of benzene rings is 2. The number of nitrogens with one attached hydrogen (secondary N) is 2. The van der Waals surface area contributed by atoms with Crippen molar-refractivity contribution < 1.29 is 19.2 Å². The van der Waals surface area contributed by atoms with Gasteiger partial charge in [0.15, 0.2) is 0 Å². The second-order valence-electron chi connectivity index (χ2n) is 6.25. The third-order valence-electron chi connectivity index (χ3n) is 4.48. The Hall–Kier alpha value is -3.68. The summed E-state index contributed by atoms with van der Waals surface area (Å²) in [5.41, 5.74) is 2.04. The van der Waals surface area contributed by atoms with Crippen molar-refractivity contribution in [3.8, 4) is 0 Å². The van der Waals surface area contributed by atoms with Gasteiger partial charge >= 0.3 is 12.0 Å². The standard InChI is InChI=1S/C20H19N3O5/c1-28-19(24)17-16(11-10-13-6-3-2-4-7-13)21-20(25)22-18(17)14-8-5-9-15(12-14)23(26)27/h2-9,12,18H,10-11H2,1H3,(H2,21,22,25). The van der Waals surface area contributed by atoms with Gasteiger partial charge in [-0.2, -0.15) is 0 Å². The van der Waals surface area contributed by atoms with E-state index in [2.05, 4.69) is 10.6 Å². The van der Waals surface area contributed by atoms with Gasteiger partial charge in [0.2, 0.25) is 0 Å². The second kappa shape index (κ2) is 8.34. The third kappa shape index (κ3) is 4.17. The number of rotatable bonds is 6. The molecule has 1 unspecified atom stereocenters. The van der Waals surface area contributed by atoms with Crippen molar-refractivity contribution in [2.24, 2.45) is 0 Å². The highest BCUT2D eigenvalue weighted by Gasteiger charge is 2.33. The quantitative estimate of drug-likeness (QED) is 0.454. The van der Waals surface area contributed by atoms with Crippen LogP contribution in [0, 0.1) is 10.1 Å². The molecule has 2 amide bonds. The SMILES string of the molecule is COC(=O)C1=C(CCc2ccccc2)NC(=O)NC1c1cccc([N+](=O)[O-])c1. The summed E-state index contributed by atoms with van der Waals surface area (Å²) in [6.07, 6.45) is 1.02. The summed E-state index contributed by atoms with van der Waals surface area (Å²) in [4.78, 5) is 35.3. The Morgan fingerprint density at radius 1 is 1.14 bits per heavy atom. The maximum Gasteiger partial charge on any atom is 0.337 e. The van der Waals surface area contributed by atoms with E-state index >= 15 is 0 Å². The van der Waals surface area contributed by atoms with Crippen molar-refractivity contribution >= 4 is 17.7 Å². The molecule has 0 radical (unpaired) electrons. The minimum absolute atomic E-state index is 0.125. The number of hydrogen-bond donors (Lipinski definition) is 2. The molecule has 8 nitrogen and oxygen atoms in total. The minimum Gasteiger partial charge on any atom is -0.466 e. The van der Waals surface area contributed by atoms with Crippen LogP contribution in [-0.2, 0) is 16.0 Å². The molecule has 0 aliphatic carbocycles. The summed E-state index contributed by atoms with van der Waals surface area (Å²) in [5, 5.41) is 16.4. The van der Waals surface area contributed by atoms with Crippen LogP contribution in [0.15, 0.2) is 65.9 Å². The molecule has 1 aliphatic heterocycles. The summed E-state index contributed by atoms with van der Waals surface area (Å²) < 4.78 is 4.91. The number of methoxy groups -OCH3 is 1. The van der Waals surface area contributed by atoms with Crippen LogP contribution in [0.1, 0.15) is 23.6 Å². The molecule has 2 aromatic carbocycles. The zero-order valence-electron chi connectivity index (χ0n) is 15.2. The monoisotopic (exact) mass is 381 g/mol. The van der Waals surface area contributed by atoms with Crippen LogP contribution < -0.4 is 10.6 Å². The van der Waals surface area contributed by atoms with Crippen LogP contribution in [0.2, 0.25) is 0 Å². The number of urea groups is 1. The molecule has 8 heteroatoms. The van der Waals surface area contributed by atoms with Crippen molar-refractivity contribution in [3.63, 3.8) is 0 Å². The van der Waals surface area contributed by atoms with Gasteiger partial charge in [0, 0.05) is 17.8 Å². The molecule has 0 saturated carbocycles. The second-order valence-corrected chi connectivity index (χ2v) is 6.25. The normalized spacial score (nSPS) is 16.2. The number of non-ortho nitro benzene ring substituents is 1. The lowest BCUT2D eigenvalue weighted by Crippen LogP contribution is -2.46. The van der Waals surface area contributed by atoms with E-state index < -0.39 is 23.0 Å². The van der Waals surface area contributed by atoms with Crippen LogP contribution in [0.4, 0.5) is 10.5 Å². The maximum absolute atomic E-state index is 12.5. The average molecular weight is 381 g/mol. The summed E-state index contributed by atoms with van der Waals surface area (Å²) in [7, 11) is 1.26. The molecule has 0 aromatic heterocycles. The highest BCUT2D eigenvalue weighted by Crippen LogP contribution is 2.31. The van der Waals surface area contributed by atoms with Crippen molar-refractivity contribution in [3.05, 3.63) is 87.1 Å². The molecule has 3 rings (SSSR count). The van der Waals surface area contributed by atoms with Crippen LogP contribution in [0.3, 0.4) is 0 Å². The molecule has 144 valence electrons. The fraction of sp³-hybridized carbons (Fsp3) is 0.200. The first kappa shape index (κ1) is 19.1. The van der Waals surface area contributed by atoms with Gasteiger partial charge in [-0.25, -0.2) is 9.59 Å². The molecule has 2 aromatic rings. The number of ether oxygens (including phenoxy) is 1. The highest BCUT2D eigenvalue weighted by molar-refractivity contribution is 5.95. The number of aryl methyl sites for hydroxylation is 1. The molecule has 0 saturated heterocycles. The van der Waals surface area contributed by atoms with Crippen molar-refractivity contribution in [2.75, 3.05) is 7.11 Å². The largest absolute Gasteiger partial charge is 0.466 e. The first-order chi connectivity index (χ1) is 13.5. The Labute approximate surface area is 161 Å². The smallest absolute Gasteiger partial charge is 0.337 e. The van der Waals surface area contributed by atoms with Gasteiger partial charge in [-0.05, 0) is 24.0 Å². The molecule has 0 spiro atoms. The summed E-state index contributed by atoms with van der Waals surface area (Å²) in [6.45, 7) is 0. The number of nitrogens with zero attached hydrogens (tertiary/aromatic N) is 1. The molecule has 2 N–H and O–H groups in total. The summed E-state index contributed by atoms with van der Waals surface area (Å²) in [5.74, 6) is -0.605. The first-order valence-corrected chi connectivity index (χ1v) is 8.66. The Kier molecular flexibility index (Phi) is 5.69. The van der Waals surface area contributed by atoms with E-state index in [1.54, 1.807) is 6.07 Å². The molecule has 1 heterocycles. The highest BCUT2D eigenvalue weighted by atomic mass is 16.6. The Balaban J connectivity index is 2.00. The minimum atomic E-state index is -0.841. The van der Waals surface area contributed by atoms with Gasteiger partial charge in [-0.15, -0.1) is 0 Å². The molecule has 1 aliphatic rings. The van der Waals surface area contributed by atoms with Crippen LogP contribution in [-0.4, -0.2) is 24.0 Å². The van der Waals surface area contributed by atoms with Crippen molar-refractivity contribution in [1.82, 2.24) is 10.6 Å². The van der Waals surface area contributed by atoms with E-state index in [9.17, 15) is 19.7 Å². The number of esters is 1. The zero-order valence-corrected chi connectivity index (χ0v) is 15.2. The third-order valence-corrected chi connectivity index (χ3v) is 4.48. The zero-order chi connectivity index (χ0) is 20.1. The fourth-order valence-corrected chi connectivity index (χ4v) is 3.15. The predicted octanol–water partition coefficient (Wildman–Crippen LogP) is 3.01.